The number of nitrogens with zero attached hydrogens (tertiary/aromatic N) is 1. The number of carbonyl (C=O) groups is 1. The van der Waals surface area contributed by atoms with Crippen LogP contribution in [0.2, 0.25) is 0 Å². The first-order valence-electron chi connectivity index (χ1n) is 5.43. The highest BCUT2D eigenvalue weighted by Gasteiger charge is 2.26. The smallest absolute Gasteiger partial charge is 0.334 e. The van der Waals surface area contributed by atoms with Gasteiger partial charge in [0.1, 0.15) is 0 Å². The molecule has 4 nitrogen and oxygen atoms in total. The maximum absolute atomic E-state index is 10.9. The van der Waals surface area contributed by atoms with Crippen molar-refractivity contribution in [3.8, 4) is 0 Å². The van der Waals surface area contributed by atoms with Gasteiger partial charge in [-0.25, -0.2) is 4.79 Å². The molecular formula is C12H14BrNO3. The lowest BCUT2D eigenvalue weighted by atomic mass is 10.2. The Kier molecular flexibility index (Phi) is 3.69. The number of carboxylic acids is 1. The first kappa shape index (κ1) is 12.4. The molecule has 1 aromatic carbocycles. The summed E-state index contributed by atoms with van der Waals surface area (Å²) in [6.45, 7) is 3.59. The Labute approximate surface area is 108 Å². The Morgan fingerprint density at radius 3 is 3.00 bits per heavy atom. The van der Waals surface area contributed by atoms with Crippen molar-refractivity contribution in [3.63, 3.8) is 0 Å². The molecule has 0 bridgehead atoms. The van der Waals surface area contributed by atoms with Crippen molar-refractivity contribution in [1.29, 1.82) is 0 Å². The van der Waals surface area contributed by atoms with Gasteiger partial charge in [-0.15, -0.1) is 0 Å². The summed E-state index contributed by atoms with van der Waals surface area (Å²) in [5, 5.41) is 8.94. The zero-order chi connectivity index (χ0) is 12.4. The van der Waals surface area contributed by atoms with Gasteiger partial charge >= 0.3 is 5.97 Å². The van der Waals surface area contributed by atoms with E-state index in [0.717, 1.165) is 22.3 Å². The zero-order valence-corrected chi connectivity index (χ0v) is 11.1. The van der Waals surface area contributed by atoms with Crippen LogP contribution in [0.1, 0.15) is 5.56 Å². The van der Waals surface area contributed by atoms with Crippen molar-refractivity contribution >= 4 is 27.6 Å². The van der Waals surface area contributed by atoms with Gasteiger partial charge < -0.3 is 14.7 Å². The molecule has 0 amide bonds. The van der Waals surface area contributed by atoms with Crippen molar-refractivity contribution < 1.29 is 14.6 Å². The quantitative estimate of drug-likeness (QED) is 0.908. The second-order valence-corrected chi connectivity index (χ2v) is 4.93. The predicted octanol–water partition coefficient (Wildman–Crippen LogP) is 2.05. The number of hydrogen-bond donors (Lipinski definition) is 1. The third-order valence-electron chi connectivity index (χ3n) is 2.85. The van der Waals surface area contributed by atoms with Crippen molar-refractivity contribution in [2.75, 3.05) is 24.6 Å². The fourth-order valence-corrected chi connectivity index (χ4v) is 2.11. The Hall–Kier alpha value is -1.07. The van der Waals surface area contributed by atoms with Gasteiger partial charge in [-0.3, -0.25) is 0 Å². The Morgan fingerprint density at radius 2 is 2.35 bits per heavy atom. The lowest BCUT2D eigenvalue weighted by molar-refractivity contribution is -0.150. The normalized spacial score (nSPS) is 20.4. The molecule has 1 heterocycles. The first-order valence-corrected chi connectivity index (χ1v) is 6.23. The van der Waals surface area contributed by atoms with Crippen LogP contribution in [-0.4, -0.2) is 36.9 Å². The van der Waals surface area contributed by atoms with Crippen LogP contribution in [0.15, 0.2) is 22.7 Å². The highest BCUT2D eigenvalue weighted by atomic mass is 79.9. The largest absolute Gasteiger partial charge is 0.479 e. The van der Waals surface area contributed by atoms with Gasteiger partial charge in [0.15, 0.2) is 6.10 Å². The number of aliphatic carboxylic acids is 1. The minimum absolute atomic E-state index is 0.399. The molecule has 2 rings (SSSR count). The molecular weight excluding hydrogens is 286 g/mol. The van der Waals surface area contributed by atoms with E-state index in [1.807, 2.05) is 30.0 Å². The van der Waals surface area contributed by atoms with E-state index in [1.165, 1.54) is 0 Å². The van der Waals surface area contributed by atoms with E-state index in [9.17, 15) is 4.79 Å². The molecule has 92 valence electrons. The molecule has 17 heavy (non-hydrogen) atoms. The Morgan fingerprint density at radius 1 is 1.59 bits per heavy atom. The summed E-state index contributed by atoms with van der Waals surface area (Å²) in [4.78, 5) is 12.9. The summed E-state index contributed by atoms with van der Waals surface area (Å²) in [5.74, 6) is -0.900. The molecule has 1 aliphatic rings. The Balaban J connectivity index is 2.16. The summed E-state index contributed by atoms with van der Waals surface area (Å²) in [6, 6.07) is 6.02. The molecule has 1 aromatic rings. The van der Waals surface area contributed by atoms with E-state index in [-0.39, 0.29) is 0 Å². The van der Waals surface area contributed by atoms with E-state index < -0.39 is 12.1 Å². The number of hydrogen-bond acceptors (Lipinski definition) is 3. The topological polar surface area (TPSA) is 49.8 Å². The fourth-order valence-electron chi connectivity index (χ4n) is 1.86. The highest BCUT2D eigenvalue weighted by Crippen LogP contribution is 2.24. The van der Waals surface area contributed by atoms with E-state index in [4.69, 9.17) is 9.84 Å². The number of carboxylic acid groups (broad SMARTS) is 1. The van der Waals surface area contributed by atoms with Crippen molar-refractivity contribution in [1.82, 2.24) is 0 Å². The number of halogens is 1. The minimum atomic E-state index is -0.900. The number of morpholine rings is 1. The SMILES string of the molecule is Cc1cc(N2CCOC(C(=O)O)C2)ccc1Br. The summed E-state index contributed by atoms with van der Waals surface area (Å²) in [5.41, 5.74) is 2.18. The van der Waals surface area contributed by atoms with Crippen molar-refractivity contribution in [2.45, 2.75) is 13.0 Å². The second kappa shape index (κ2) is 5.06. The van der Waals surface area contributed by atoms with Crippen LogP contribution in [0.4, 0.5) is 5.69 Å². The lowest BCUT2D eigenvalue weighted by Crippen LogP contribution is -2.46. The molecule has 0 radical (unpaired) electrons. The maximum atomic E-state index is 10.9. The molecule has 0 aliphatic carbocycles. The zero-order valence-electron chi connectivity index (χ0n) is 9.52. The van der Waals surface area contributed by atoms with E-state index >= 15 is 0 Å². The third kappa shape index (κ3) is 2.79. The molecule has 1 fully saturated rings. The highest BCUT2D eigenvalue weighted by molar-refractivity contribution is 9.10. The molecule has 0 aromatic heterocycles. The number of rotatable bonds is 2. The van der Waals surface area contributed by atoms with E-state index in [1.54, 1.807) is 0 Å². The minimum Gasteiger partial charge on any atom is -0.479 e. The van der Waals surface area contributed by atoms with Crippen LogP contribution in [0, 0.1) is 6.92 Å². The van der Waals surface area contributed by atoms with Gasteiger partial charge in [0.25, 0.3) is 0 Å². The van der Waals surface area contributed by atoms with E-state index in [2.05, 4.69) is 15.9 Å². The molecule has 5 heteroatoms. The fraction of sp³-hybridized carbons (Fsp3) is 0.417. The predicted molar refractivity (Wildman–Crippen MR) is 68.5 cm³/mol. The third-order valence-corrected chi connectivity index (χ3v) is 3.74. The number of benzene rings is 1. The number of aryl methyl sites for hydroxylation is 1. The summed E-state index contributed by atoms with van der Waals surface area (Å²) < 4.78 is 6.25. The molecule has 1 N–H and O–H groups in total. The molecule has 1 aliphatic heterocycles. The lowest BCUT2D eigenvalue weighted by Gasteiger charge is -2.32. The van der Waals surface area contributed by atoms with Gasteiger partial charge in [0.2, 0.25) is 0 Å². The molecule has 1 unspecified atom stereocenters. The molecule has 0 saturated carbocycles. The van der Waals surface area contributed by atoms with Crippen LogP contribution in [0.5, 0.6) is 0 Å². The average Bonchev–Trinajstić information content (AvgIpc) is 2.33. The first-order chi connectivity index (χ1) is 8.08. The van der Waals surface area contributed by atoms with Crippen LogP contribution in [0.25, 0.3) is 0 Å². The Bertz CT molecular complexity index is 436. The van der Waals surface area contributed by atoms with Crippen molar-refractivity contribution in [2.24, 2.45) is 0 Å². The summed E-state index contributed by atoms with van der Waals surface area (Å²) in [7, 11) is 0. The van der Waals surface area contributed by atoms with Crippen LogP contribution in [-0.2, 0) is 9.53 Å². The van der Waals surface area contributed by atoms with Crippen LogP contribution >= 0.6 is 15.9 Å². The van der Waals surface area contributed by atoms with Gasteiger partial charge in [0.05, 0.1) is 13.2 Å². The van der Waals surface area contributed by atoms with Crippen LogP contribution < -0.4 is 4.90 Å². The standard InChI is InChI=1S/C12H14BrNO3/c1-8-6-9(2-3-10(8)13)14-4-5-17-11(7-14)12(15)16/h2-3,6,11H,4-5,7H2,1H3,(H,15,16). The maximum Gasteiger partial charge on any atom is 0.334 e. The monoisotopic (exact) mass is 299 g/mol. The van der Waals surface area contributed by atoms with E-state index in [0.29, 0.717) is 13.2 Å². The molecule has 0 spiro atoms. The van der Waals surface area contributed by atoms with Crippen LogP contribution in [0.3, 0.4) is 0 Å². The van der Waals surface area contributed by atoms with Gasteiger partial charge in [-0.05, 0) is 30.7 Å². The van der Waals surface area contributed by atoms with Gasteiger partial charge in [0, 0.05) is 16.7 Å². The summed E-state index contributed by atoms with van der Waals surface area (Å²) in [6.07, 6.45) is -0.729. The number of anilines is 1. The molecule has 1 atom stereocenters. The second-order valence-electron chi connectivity index (χ2n) is 4.08. The van der Waals surface area contributed by atoms with Gasteiger partial charge in [-0.1, -0.05) is 15.9 Å². The summed E-state index contributed by atoms with van der Waals surface area (Å²) >= 11 is 3.45. The van der Waals surface area contributed by atoms with Crippen molar-refractivity contribution in [3.05, 3.63) is 28.2 Å². The number of ether oxygens (including phenoxy) is 1. The van der Waals surface area contributed by atoms with Gasteiger partial charge in [-0.2, -0.15) is 0 Å². The molecule has 1 saturated heterocycles. The average molecular weight is 300 g/mol.